The van der Waals surface area contributed by atoms with Gasteiger partial charge in [0.2, 0.25) is 0 Å². The summed E-state index contributed by atoms with van der Waals surface area (Å²) in [5.74, 6) is 1.33. The summed E-state index contributed by atoms with van der Waals surface area (Å²) in [5, 5.41) is 3.11. The van der Waals surface area contributed by atoms with Crippen LogP contribution in [0.5, 0.6) is 0 Å². The number of aliphatic imine (C=N–C) groups is 1. The van der Waals surface area contributed by atoms with Gasteiger partial charge in [0, 0.05) is 13.1 Å². The van der Waals surface area contributed by atoms with Crippen LogP contribution in [0.15, 0.2) is 4.99 Å². The Hall–Kier alpha value is 0. The van der Waals surface area contributed by atoms with Crippen molar-refractivity contribution >= 4 is 29.9 Å². The monoisotopic (exact) mass is 355 g/mol. The van der Waals surface area contributed by atoms with Crippen LogP contribution in [0, 0.1) is 5.92 Å². The second-order valence-electron chi connectivity index (χ2n) is 4.45. The minimum atomic E-state index is 0. The summed E-state index contributed by atoms with van der Waals surface area (Å²) in [6.07, 6.45) is 7.46. The molecule has 0 heterocycles. The Kier molecular flexibility index (Phi) is 16.0. The Morgan fingerprint density at radius 3 is 2.35 bits per heavy atom. The van der Waals surface area contributed by atoms with Crippen LogP contribution in [-0.4, -0.2) is 19.0 Å². The van der Waals surface area contributed by atoms with Crippen molar-refractivity contribution in [2.75, 3.05) is 13.1 Å². The molecule has 0 aliphatic carbocycles. The number of unbranched alkanes of at least 4 members (excludes halogenated alkanes) is 1. The van der Waals surface area contributed by atoms with Gasteiger partial charge in [-0.25, -0.2) is 0 Å². The summed E-state index contributed by atoms with van der Waals surface area (Å²) in [5.41, 5.74) is 5.77. The molecule has 0 bridgehead atoms. The number of guanidine groups is 1. The zero-order valence-corrected chi connectivity index (χ0v) is 14.0. The largest absolute Gasteiger partial charge is 0.370 e. The fraction of sp³-hybridized carbons (Fsp3) is 0.923. The number of nitrogens with two attached hydrogens (primary N) is 1. The molecule has 0 radical (unpaired) electrons. The van der Waals surface area contributed by atoms with E-state index in [-0.39, 0.29) is 24.0 Å². The summed E-state index contributed by atoms with van der Waals surface area (Å²) in [4.78, 5) is 4.42. The highest BCUT2D eigenvalue weighted by atomic mass is 127. The summed E-state index contributed by atoms with van der Waals surface area (Å²) in [7, 11) is 0. The summed E-state index contributed by atoms with van der Waals surface area (Å²) in [6, 6.07) is 0. The number of nitrogens with one attached hydrogen (secondary N) is 1. The lowest BCUT2D eigenvalue weighted by Gasteiger charge is -2.13. The minimum Gasteiger partial charge on any atom is -0.370 e. The third kappa shape index (κ3) is 12.2. The highest BCUT2D eigenvalue weighted by Gasteiger charge is 2.06. The third-order valence-electron chi connectivity index (χ3n) is 2.74. The Morgan fingerprint density at radius 2 is 1.82 bits per heavy atom. The Bertz CT molecular complexity index is 184. The topological polar surface area (TPSA) is 50.4 Å². The Labute approximate surface area is 124 Å². The second kappa shape index (κ2) is 14.1. The van der Waals surface area contributed by atoms with Crippen LogP contribution in [0.4, 0.5) is 0 Å². The molecule has 0 fully saturated rings. The lowest BCUT2D eigenvalue weighted by atomic mass is 9.97. The van der Waals surface area contributed by atoms with Gasteiger partial charge in [-0.3, -0.25) is 4.99 Å². The summed E-state index contributed by atoms with van der Waals surface area (Å²) >= 11 is 0. The maximum Gasteiger partial charge on any atom is 0.188 e. The first-order valence-corrected chi connectivity index (χ1v) is 6.78. The highest BCUT2D eigenvalue weighted by molar-refractivity contribution is 14.0. The fourth-order valence-electron chi connectivity index (χ4n) is 1.76. The molecule has 0 aromatic carbocycles. The first-order valence-electron chi connectivity index (χ1n) is 6.78. The minimum absolute atomic E-state index is 0. The standard InChI is InChI=1S/C13H29N3.HI/c1-4-7-9-12(8-5-2)11-16-13(14)15-10-6-3;/h12H,4-11H2,1-3H3,(H3,14,15,16);1H. The smallest absolute Gasteiger partial charge is 0.188 e. The van der Waals surface area contributed by atoms with Crippen molar-refractivity contribution in [3.8, 4) is 0 Å². The van der Waals surface area contributed by atoms with Crippen molar-refractivity contribution in [1.29, 1.82) is 0 Å². The molecule has 0 aliphatic rings. The van der Waals surface area contributed by atoms with Crippen molar-refractivity contribution in [2.24, 2.45) is 16.6 Å². The molecule has 1 unspecified atom stereocenters. The Morgan fingerprint density at radius 1 is 1.12 bits per heavy atom. The van der Waals surface area contributed by atoms with Crippen molar-refractivity contribution in [2.45, 2.75) is 59.3 Å². The van der Waals surface area contributed by atoms with Crippen LogP contribution in [0.25, 0.3) is 0 Å². The molecule has 104 valence electrons. The average Bonchev–Trinajstić information content (AvgIpc) is 2.30. The molecular formula is C13H30IN3. The van der Waals surface area contributed by atoms with E-state index in [0.717, 1.165) is 19.5 Å². The van der Waals surface area contributed by atoms with Gasteiger partial charge in [-0.2, -0.15) is 0 Å². The van der Waals surface area contributed by atoms with Gasteiger partial charge in [0.05, 0.1) is 0 Å². The predicted molar refractivity (Wildman–Crippen MR) is 88.1 cm³/mol. The first-order chi connectivity index (χ1) is 7.74. The molecule has 3 nitrogen and oxygen atoms in total. The van der Waals surface area contributed by atoms with Gasteiger partial charge < -0.3 is 11.1 Å². The molecule has 0 spiro atoms. The maximum atomic E-state index is 5.77. The number of halogens is 1. The second-order valence-corrected chi connectivity index (χ2v) is 4.45. The van der Waals surface area contributed by atoms with Crippen molar-refractivity contribution in [1.82, 2.24) is 5.32 Å². The first kappa shape index (κ1) is 19.3. The van der Waals surface area contributed by atoms with Crippen molar-refractivity contribution in [3.63, 3.8) is 0 Å². The molecule has 0 aromatic heterocycles. The average molecular weight is 355 g/mol. The number of nitrogens with zero attached hydrogens (tertiary/aromatic N) is 1. The van der Waals surface area contributed by atoms with Crippen LogP contribution in [0.2, 0.25) is 0 Å². The van der Waals surface area contributed by atoms with E-state index in [2.05, 4.69) is 31.1 Å². The normalized spacial score (nSPS) is 13.0. The molecule has 0 aliphatic heterocycles. The van der Waals surface area contributed by atoms with Crippen molar-refractivity contribution < 1.29 is 0 Å². The maximum absolute atomic E-state index is 5.77. The van der Waals surface area contributed by atoms with Crippen molar-refractivity contribution in [3.05, 3.63) is 0 Å². The molecule has 0 saturated carbocycles. The van der Waals surface area contributed by atoms with Gasteiger partial charge in [0.25, 0.3) is 0 Å². The lowest BCUT2D eigenvalue weighted by molar-refractivity contribution is 0.439. The SMILES string of the molecule is CCCCC(CCC)CN=C(N)NCCC.I. The zero-order chi connectivity index (χ0) is 12.2. The Balaban J connectivity index is 0. The quantitative estimate of drug-likeness (QED) is 0.378. The van der Waals surface area contributed by atoms with Crippen LogP contribution < -0.4 is 11.1 Å². The predicted octanol–water partition coefficient (Wildman–Crippen LogP) is 3.53. The molecule has 0 saturated heterocycles. The van der Waals surface area contributed by atoms with Crippen LogP contribution in [0.1, 0.15) is 59.3 Å². The molecule has 0 amide bonds. The van der Waals surface area contributed by atoms with E-state index in [1.807, 2.05) is 0 Å². The van der Waals surface area contributed by atoms with Gasteiger partial charge in [0.1, 0.15) is 0 Å². The van der Waals surface area contributed by atoms with E-state index >= 15 is 0 Å². The number of rotatable bonds is 9. The molecule has 0 rings (SSSR count). The molecule has 1 atom stereocenters. The van der Waals surface area contributed by atoms with E-state index in [4.69, 9.17) is 5.73 Å². The molecule has 3 N–H and O–H groups in total. The lowest BCUT2D eigenvalue weighted by Crippen LogP contribution is -2.32. The number of hydrogen-bond donors (Lipinski definition) is 2. The van der Waals surface area contributed by atoms with Gasteiger partial charge in [-0.1, -0.05) is 40.0 Å². The van der Waals surface area contributed by atoms with Gasteiger partial charge >= 0.3 is 0 Å². The molecule has 4 heteroatoms. The van der Waals surface area contributed by atoms with E-state index in [1.165, 1.54) is 32.1 Å². The van der Waals surface area contributed by atoms with Gasteiger partial charge in [-0.05, 0) is 25.2 Å². The van der Waals surface area contributed by atoms with E-state index in [9.17, 15) is 0 Å². The van der Waals surface area contributed by atoms with Gasteiger partial charge in [-0.15, -0.1) is 24.0 Å². The summed E-state index contributed by atoms with van der Waals surface area (Å²) < 4.78 is 0. The van der Waals surface area contributed by atoms with E-state index in [0.29, 0.717) is 11.9 Å². The van der Waals surface area contributed by atoms with Crippen LogP contribution in [0.3, 0.4) is 0 Å². The molecule has 17 heavy (non-hydrogen) atoms. The zero-order valence-electron chi connectivity index (χ0n) is 11.7. The summed E-state index contributed by atoms with van der Waals surface area (Å²) in [6.45, 7) is 8.41. The molecule has 0 aromatic rings. The van der Waals surface area contributed by atoms with Crippen LogP contribution in [-0.2, 0) is 0 Å². The van der Waals surface area contributed by atoms with Gasteiger partial charge in [0.15, 0.2) is 5.96 Å². The fourth-order valence-corrected chi connectivity index (χ4v) is 1.76. The highest BCUT2D eigenvalue weighted by Crippen LogP contribution is 2.14. The van der Waals surface area contributed by atoms with E-state index in [1.54, 1.807) is 0 Å². The van der Waals surface area contributed by atoms with E-state index < -0.39 is 0 Å². The van der Waals surface area contributed by atoms with Crippen LogP contribution >= 0.6 is 24.0 Å². The molecular weight excluding hydrogens is 325 g/mol. The number of hydrogen-bond acceptors (Lipinski definition) is 1. The third-order valence-corrected chi connectivity index (χ3v) is 2.74.